The lowest BCUT2D eigenvalue weighted by atomic mass is 9.92. The number of carboxylic acid groups (broad SMARTS) is 1. The fourth-order valence-electron chi connectivity index (χ4n) is 2.30. The van der Waals surface area contributed by atoms with E-state index in [0.29, 0.717) is 19.4 Å². The van der Waals surface area contributed by atoms with Crippen molar-refractivity contribution in [2.75, 3.05) is 6.54 Å². The Bertz CT molecular complexity index is 552. The van der Waals surface area contributed by atoms with Crippen LogP contribution in [0.25, 0.3) is 0 Å². The molecule has 0 spiro atoms. The highest BCUT2D eigenvalue weighted by molar-refractivity contribution is 5.94. The second kappa shape index (κ2) is 5.32. The molecule has 2 unspecified atom stereocenters. The van der Waals surface area contributed by atoms with E-state index in [1.165, 1.54) is 11.0 Å². The first-order valence-corrected chi connectivity index (χ1v) is 6.18. The van der Waals surface area contributed by atoms with Gasteiger partial charge in [-0.2, -0.15) is 0 Å². The van der Waals surface area contributed by atoms with Crippen molar-refractivity contribution in [3.63, 3.8) is 0 Å². The number of rotatable bonds is 3. The average Bonchev–Trinajstić information content (AvgIpc) is 2.87. The summed E-state index contributed by atoms with van der Waals surface area (Å²) in [4.78, 5) is 34.4. The fraction of sp³-hybridized carbons (Fsp3) is 0.500. The Balaban J connectivity index is 2.21. The van der Waals surface area contributed by atoms with E-state index in [1.807, 2.05) is 6.92 Å². The molecule has 20 heavy (non-hydrogen) atoms. The molecule has 1 saturated heterocycles. The summed E-state index contributed by atoms with van der Waals surface area (Å²) in [5, 5.41) is 19.7. The van der Waals surface area contributed by atoms with Gasteiger partial charge in [-0.25, -0.2) is 4.79 Å². The summed E-state index contributed by atoms with van der Waals surface area (Å²) in [5.74, 6) is -2.24. The zero-order valence-corrected chi connectivity index (χ0v) is 10.8. The predicted octanol–water partition coefficient (Wildman–Crippen LogP) is 1.51. The zero-order chi connectivity index (χ0) is 14.9. The van der Waals surface area contributed by atoms with Crippen molar-refractivity contribution in [1.29, 1.82) is 0 Å². The summed E-state index contributed by atoms with van der Waals surface area (Å²) in [5.41, 5.74) is 0. The first kappa shape index (κ1) is 14.0. The summed E-state index contributed by atoms with van der Waals surface area (Å²) in [6, 6.07) is 1.35. The van der Waals surface area contributed by atoms with E-state index in [2.05, 4.69) is 0 Å². The van der Waals surface area contributed by atoms with Gasteiger partial charge in [0, 0.05) is 6.54 Å². The maximum Gasteiger partial charge on any atom is 0.433 e. The van der Waals surface area contributed by atoms with Crippen molar-refractivity contribution >= 4 is 17.8 Å². The van der Waals surface area contributed by atoms with Gasteiger partial charge in [0.1, 0.15) is 11.0 Å². The third kappa shape index (κ3) is 2.63. The number of hydrogen-bond acceptors (Lipinski definition) is 5. The Labute approximate surface area is 114 Å². The van der Waals surface area contributed by atoms with Gasteiger partial charge in [0.25, 0.3) is 5.91 Å². The highest BCUT2D eigenvalue weighted by atomic mass is 16.6. The number of carboxylic acids is 1. The largest absolute Gasteiger partial charge is 0.480 e. The predicted molar refractivity (Wildman–Crippen MR) is 66.2 cm³/mol. The van der Waals surface area contributed by atoms with E-state index in [4.69, 9.17) is 4.42 Å². The molecule has 8 nitrogen and oxygen atoms in total. The first-order valence-electron chi connectivity index (χ1n) is 6.18. The number of nitrogens with zero attached hydrogens (tertiary/aromatic N) is 2. The topological polar surface area (TPSA) is 114 Å². The number of likely N-dealkylation sites (tertiary alicyclic amines) is 1. The fourth-order valence-corrected chi connectivity index (χ4v) is 2.30. The third-order valence-electron chi connectivity index (χ3n) is 3.39. The molecular weight excluding hydrogens is 268 g/mol. The Morgan fingerprint density at radius 3 is 2.75 bits per heavy atom. The van der Waals surface area contributed by atoms with E-state index in [9.17, 15) is 24.8 Å². The van der Waals surface area contributed by atoms with Gasteiger partial charge in [-0.3, -0.25) is 14.9 Å². The Kier molecular flexibility index (Phi) is 3.73. The summed E-state index contributed by atoms with van der Waals surface area (Å²) >= 11 is 0. The third-order valence-corrected chi connectivity index (χ3v) is 3.39. The molecule has 0 bridgehead atoms. The van der Waals surface area contributed by atoms with Crippen molar-refractivity contribution in [1.82, 2.24) is 4.90 Å². The number of piperidine rings is 1. The van der Waals surface area contributed by atoms with Crippen LogP contribution in [-0.4, -0.2) is 39.4 Å². The van der Waals surface area contributed by atoms with E-state index < -0.39 is 28.7 Å². The molecule has 1 N–H and O–H groups in total. The van der Waals surface area contributed by atoms with Crippen LogP contribution >= 0.6 is 0 Å². The van der Waals surface area contributed by atoms with Crippen LogP contribution in [0.2, 0.25) is 0 Å². The first-order chi connectivity index (χ1) is 9.40. The molecule has 0 aromatic carbocycles. The van der Waals surface area contributed by atoms with E-state index >= 15 is 0 Å². The molecule has 0 aliphatic carbocycles. The van der Waals surface area contributed by atoms with E-state index in [-0.39, 0.29) is 11.7 Å². The van der Waals surface area contributed by atoms with Crippen LogP contribution in [0.1, 0.15) is 30.3 Å². The van der Waals surface area contributed by atoms with Crippen LogP contribution in [0.4, 0.5) is 5.88 Å². The quantitative estimate of drug-likeness (QED) is 0.664. The van der Waals surface area contributed by atoms with Crippen molar-refractivity contribution in [2.24, 2.45) is 5.92 Å². The van der Waals surface area contributed by atoms with E-state index in [1.54, 1.807) is 0 Å². The van der Waals surface area contributed by atoms with Crippen molar-refractivity contribution in [3.8, 4) is 0 Å². The zero-order valence-electron chi connectivity index (χ0n) is 10.8. The van der Waals surface area contributed by atoms with Crippen LogP contribution in [-0.2, 0) is 4.79 Å². The summed E-state index contributed by atoms with van der Waals surface area (Å²) in [6.07, 6.45) is 1.06. The van der Waals surface area contributed by atoms with Crippen molar-refractivity contribution in [3.05, 3.63) is 28.0 Å². The molecule has 1 aromatic heterocycles. The van der Waals surface area contributed by atoms with Gasteiger partial charge in [0.2, 0.25) is 0 Å². The lowest BCUT2D eigenvalue weighted by molar-refractivity contribution is -0.402. The molecule has 0 saturated carbocycles. The second-order valence-electron chi connectivity index (χ2n) is 4.88. The van der Waals surface area contributed by atoms with Gasteiger partial charge in [-0.15, -0.1) is 0 Å². The minimum Gasteiger partial charge on any atom is -0.480 e. The molecule has 1 aromatic rings. The van der Waals surface area contributed by atoms with Gasteiger partial charge in [-0.1, -0.05) is 6.92 Å². The van der Waals surface area contributed by atoms with Gasteiger partial charge in [0.05, 0.1) is 6.07 Å². The number of aliphatic carboxylic acids is 1. The van der Waals surface area contributed by atoms with Crippen LogP contribution in [0.3, 0.4) is 0 Å². The average molecular weight is 282 g/mol. The number of hydrogen-bond donors (Lipinski definition) is 1. The molecule has 0 radical (unpaired) electrons. The van der Waals surface area contributed by atoms with Gasteiger partial charge < -0.3 is 14.4 Å². The number of nitro groups is 1. The van der Waals surface area contributed by atoms with Gasteiger partial charge >= 0.3 is 11.9 Å². The maximum absolute atomic E-state index is 12.2. The lowest BCUT2D eigenvalue weighted by Gasteiger charge is -2.35. The second-order valence-corrected chi connectivity index (χ2v) is 4.88. The Morgan fingerprint density at radius 2 is 2.20 bits per heavy atom. The monoisotopic (exact) mass is 282 g/mol. The summed E-state index contributed by atoms with van der Waals surface area (Å²) < 4.78 is 4.83. The standard InChI is InChI=1S/C12H14N2O6/c1-7-4-5-13(8(6-7)12(16)17)11(15)9-2-3-10(20-9)14(18)19/h2-3,7-8H,4-6H2,1H3,(H,16,17). The number of furan rings is 1. The van der Waals surface area contributed by atoms with Crippen molar-refractivity contribution < 1.29 is 24.0 Å². The van der Waals surface area contributed by atoms with Crippen LogP contribution < -0.4 is 0 Å². The lowest BCUT2D eigenvalue weighted by Crippen LogP contribution is -2.49. The molecule has 1 aliphatic heterocycles. The molecule has 1 aliphatic rings. The Hall–Kier alpha value is -2.38. The SMILES string of the molecule is CC1CCN(C(=O)c2ccc([N+](=O)[O-])o2)C(C(=O)O)C1. The number of amides is 1. The maximum atomic E-state index is 12.2. The van der Waals surface area contributed by atoms with E-state index in [0.717, 1.165) is 6.07 Å². The molecule has 2 heterocycles. The molecule has 1 amide bonds. The molecule has 2 atom stereocenters. The van der Waals surface area contributed by atoms with Crippen LogP contribution in [0, 0.1) is 16.0 Å². The van der Waals surface area contributed by atoms with Gasteiger partial charge in [0.15, 0.2) is 5.76 Å². The van der Waals surface area contributed by atoms with Crippen molar-refractivity contribution in [2.45, 2.75) is 25.8 Å². The smallest absolute Gasteiger partial charge is 0.433 e. The molecular formula is C12H14N2O6. The molecule has 8 heteroatoms. The highest BCUT2D eigenvalue weighted by Crippen LogP contribution is 2.26. The number of carbonyl (C=O) groups is 2. The minimum absolute atomic E-state index is 0.211. The molecule has 108 valence electrons. The molecule has 2 rings (SSSR count). The summed E-state index contributed by atoms with van der Waals surface area (Å²) in [7, 11) is 0. The normalized spacial score (nSPS) is 22.6. The minimum atomic E-state index is -1.08. The van der Waals surface area contributed by atoms with Gasteiger partial charge in [-0.05, 0) is 24.8 Å². The van der Waals surface area contributed by atoms with Crippen LogP contribution in [0.5, 0.6) is 0 Å². The molecule has 1 fully saturated rings. The number of carbonyl (C=O) groups excluding carboxylic acids is 1. The Morgan fingerprint density at radius 1 is 1.50 bits per heavy atom. The van der Waals surface area contributed by atoms with Crippen LogP contribution in [0.15, 0.2) is 16.5 Å². The highest BCUT2D eigenvalue weighted by Gasteiger charge is 2.36. The summed E-state index contributed by atoms with van der Waals surface area (Å²) in [6.45, 7) is 2.22.